The molecular formula is C14H20N2O. The highest BCUT2D eigenvalue weighted by Gasteiger charge is 2.19. The van der Waals surface area contributed by atoms with Crippen LogP contribution in [0.15, 0.2) is 34.9 Å². The smallest absolute Gasteiger partial charge is 0.136 e. The molecule has 2 aromatic rings. The average Bonchev–Trinajstić information content (AvgIpc) is 2.72. The standard InChI is InChI=1S/C14H20N2O/c1-14(2,15-3)10-16(4)12-9-17-13-8-6-5-7-11(12)13/h5-9,15H,10H2,1-4H3. The van der Waals surface area contributed by atoms with Gasteiger partial charge in [-0.25, -0.2) is 0 Å². The third-order valence-corrected chi connectivity index (χ3v) is 3.18. The molecule has 1 N–H and O–H groups in total. The molecule has 92 valence electrons. The number of rotatable bonds is 4. The monoisotopic (exact) mass is 232 g/mol. The maximum absolute atomic E-state index is 5.56. The van der Waals surface area contributed by atoms with Crippen LogP contribution in [0.25, 0.3) is 11.0 Å². The molecule has 0 aliphatic carbocycles. The second-order valence-electron chi connectivity index (χ2n) is 5.11. The predicted molar refractivity (Wildman–Crippen MR) is 72.6 cm³/mol. The fourth-order valence-electron chi connectivity index (χ4n) is 2.02. The summed E-state index contributed by atoms with van der Waals surface area (Å²) in [6, 6.07) is 8.12. The lowest BCUT2D eigenvalue weighted by molar-refractivity contribution is 0.428. The van der Waals surface area contributed by atoms with Gasteiger partial charge in [0, 0.05) is 24.5 Å². The second kappa shape index (κ2) is 4.41. The fraction of sp³-hybridized carbons (Fsp3) is 0.429. The zero-order valence-corrected chi connectivity index (χ0v) is 10.9. The first-order chi connectivity index (χ1) is 8.03. The van der Waals surface area contributed by atoms with Gasteiger partial charge in [-0.05, 0) is 33.0 Å². The van der Waals surface area contributed by atoms with Gasteiger partial charge in [0.05, 0.1) is 5.69 Å². The molecule has 0 atom stereocenters. The molecule has 0 radical (unpaired) electrons. The molecule has 1 heterocycles. The van der Waals surface area contributed by atoms with E-state index in [1.807, 2.05) is 31.5 Å². The summed E-state index contributed by atoms with van der Waals surface area (Å²) in [4.78, 5) is 2.22. The van der Waals surface area contributed by atoms with E-state index in [0.29, 0.717) is 0 Å². The van der Waals surface area contributed by atoms with Crippen LogP contribution in [0.3, 0.4) is 0 Å². The molecule has 0 fully saturated rings. The summed E-state index contributed by atoms with van der Waals surface area (Å²) in [5.41, 5.74) is 2.16. The summed E-state index contributed by atoms with van der Waals surface area (Å²) in [7, 11) is 4.08. The fourth-order valence-corrected chi connectivity index (χ4v) is 2.02. The molecule has 0 aliphatic heterocycles. The van der Waals surface area contributed by atoms with E-state index in [1.54, 1.807) is 0 Å². The Morgan fingerprint density at radius 3 is 2.71 bits per heavy atom. The Bertz CT molecular complexity index is 502. The van der Waals surface area contributed by atoms with Gasteiger partial charge in [0.15, 0.2) is 0 Å². The molecule has 0 saturated heterocycles. The van der Waals surface area contributed by atoms with Gasteiger partial charge in [0.1, 0.15) is 11.8 Å². The molecule has 0 bridgehead atoms. The van der Waals surface area contributed by atoms with Crippen molar-refractivity contribution in [2.75, 3.05) is 25.5 Å². The Kier molecular flexibility index (Phi) is 3.11. The summed E-state index contributed by atoms with van der Waals surface area (Å²) in [5, 5.41) is 4.48. The molecule has 2 rings (SSSR count). The summed E-state index contributed by atoms with van der Waals surface area (Å²) >= 11 is 0. The Morgan fingerprint density at radius 1 is 1.29 bits per heavy atom. The highest BCUT2D eigenvalue weighted by Crippen LogP contribution is 2.28. The van der Waals surface area contributed by atoms with Crippen molar-refractivity contribution in [1.29, 1.82) is 0 Å². The zero-order chi connectivity index (χ0) is 12.5. The van der Waals surface area contributed by atoms with Gasteiger partial charge < -0.3 is 14.6 Å². The normalized spacial score (nSPS) is 12.0. The number of para-hydroxylation sites is 1. The third-order valence-electron chi connectivity index (χ3n) is 3.18. The molecule has 1 aromatic carbocycles. The molecule has 0 aliphatic rings. The number of benzene rings is 1. The number of nitrogens with one attached hydrogen (secondary N) is 1. The summed E-state index contributed by atoms with van der Waals surface area (Å²) in [6.45, 7) is 5.30. The molecule has 0 amide bonds. The number of fused-ring (bicyclic) bond motifs is 1. The van der Waals surface area contributed by atoms with Gasteiger partial charge in [-0.1, -0.05) is 12.1 Å². The molecule has 0 saturated carbocycles. The van der Waals surface area contributed by atoms with Crippen LogP contribution in [0.4, 0.5) is 5.69 Å². The first kappa shape index (κ1) is 12.0. The van der Waals surface area contributed by atoms with Gasteiger partial charge in [0.2, 0.25) is 0 Å². The molecule has 0 spiro atoms. The SMILES string of the molecule is CNC(C)(C)CN(C)c1coc2ccccc12. The van der Waals surface area contributed by atoms with Crippen molar-refractivity contribution in [3.63, 3.8) is 0 Å². The van der Waals surface area contributed by atoms with E-state index in [2.05, 4.69) is 37.2 Å². The van der Waals surface area contributed by atoms with Gasteiger partial charge in [-0.15, -0.1) is 0 Å². The maximum Gasteiger partial charge on any atom is 0.136 e. The second-order valence-corrected chi connectivity index (χ2v) is 5.11. The maximum atomic E-state index is 5.56. The van der Waals surface area contributed by atoms with Crippen molar-refractivity contribution in [2.45, 2.75) is 19.4 Å². The van der Waals surface area contributed by atoms with Gasteiger partial charge >= 0.3 is 0 Å². The van der Waals surface area contributed by atoms with Crippen molar-refractivity contribution in [2.24, 2.45) is 0 Å². The van der Waals surface area contributed by atoms with E-state index in [-0.39, 0.29) is 5.54 Å². The summed E-state index contributed by atoms with van der Waals surface area (Å²) in [5.74, 6) is 0. The zero-order valence-electron chi connectivity index (χ0n) is 10.9. The van der Waals surface area contributed by atoms with E-state index in [0.717, 1.165) is 17.8 Å². The van der Waals surface area contributed by atoms with Crippen LogP contribution in [0, 0.1) is 0 Å². The number of hydrogen-bond acceptors (Lipinski definition) is 3. The van der Waals surface area contributed by atoms with Gasteiger partial charge in [-0.2, -0.15) is 0 Å². The van der Waals surface area contributed by atoms with Crippen molar-refractivity contribution in [3.8, 4) is 0 Å². The topological polar surface area (TPSA) is 28.4 Å². The minimum atomic E-state index is 0.0765. The molecule has 3 nitrogen and oxygen atoms in total. The quantitative estimate of drug-likeness (QED) is 0.878. The highest BCUT2D eigenvalue weighted by atomic mass is 16.3. The lowest BCUT2D eigenvalue weighted by Crippen LogP contribution is -2.46. The average molecular weight is 232 g/mol. The minimum absolute atomic E-state index is 0.0765. The van der Waals surface area contributed by atoms with Gasteiger partial charge in [-0.3, -0.25) is 0 Å². The summed E-state index contributed by atoms with van der Waals surface area (Å²) < 4.78 is 5.56. The van der Waals surface area contributed by atoms with Crippen molar-refractivity contribution in [3.05, 3.63) is 30.5 Å². The molecule has 0 unspecified atom stereocenters. The van der Waals surface area contributed by atoms with Crippen molar-refractivity contribution in [1.82, 2.24) is 5.32 Å². The van der Waals surface area contributed by atoms with E-state index < -0.39 is 0 Å². The van der Waals surface area contributed by atoms with E-state index >= 15 is 0 Å². The van der Waals surface area contributed by atoms with Crippen LogP contribution < -0.4 is 10.2 Å². The van der Waals surface area contributed by atoms with Crippen LogP contribution in [0.1, 0.15) is 13.8 Å². The van der Waals surface area contributed by atoms with Crippen LogP contribution in [-0.2, 0) is 0 Å². The number of anilines is 1. The first-order valence-electron chi connectivity index (χ1n) is 5.90. The molecular weight excluding hydrogens is 212 g/mol. The third kappa shape index (κ3) is 2.44. The number of nitrogens with zero attached hydrogens (tertiary/aromatic N) is 1. The highest BCUT2D eigenvalue weighted by molar-refractivity contribution is 5.90. The number of furan rings is 1. The molecule has 3 heteroatoms. The Labute approximate surface area is 102 Å². The van der Waals surface area contributed by atoms with E-state index in [9.17, 15) is 0 Å². The largest absolute Gasteiger partial charge is 0.462 e. The molecule has 1 aromatic heterocycles. The van der Waals surface area contributed by atoms with Crippen molar-refractivity contribution < 1.29 is 4.42 Å². The van der Waals surface area contributed by atoms with Crippen LogP contribution in [0.2, 0.25) is 0 Å². The Hall–Kier alpha value is -1.48. The number of hydrogen-bond donors (Lipinski definition) is 1. The lowest BCUT2D eigenvalue weighted by Gasteiger charge is -2.30. The Balaban J connectivity index is 2.28. The number of likely N-dealkylation sites (N-methyl/N-ethyl adjacent to an activating group) is 2. The minimum Gasteiger partial charge on any atom is -0.462 e. The van der Waals surface area contributed by atoms with Crippen molar-refractivity contribution >= 4 is 16.7 Å². The van der Waals surface area contributed by atoms with E-state index in [4.69, 9.17) is 4.42 Å². The van der Waals surface area contributed by atoms with Crippen LogP contribution in [0.5, 0.6) is 0 Å². The van der Waals surface area contributed by atoms with E-state index in [1.165, 1.54) is 5.39 Å². The van der Waals surface area contributed by atoms with Gasteiger partial charge in [0.25, 0.3) is 0 Å². The Morgan fingerprint density at radius 2 is 2.00 bits per heavy atom. The molecule has 17 heavy (non-hydrogen) atoms. The first-order valence-corrected chi connectivity index (χ1v) is 5.90. The predicted octanol–water partition coefficient (Wildman–Crippen LogP) is 2.87. The summed E-state index contributed by atoms with van der Waals surface area (Å²) in [6.07, 6.45) is 1.83. The van der Waals surface area contributed by atoms with Crippen LogP contribution in [-0.4, -0.2) is 26.2 Å². The van der Waals surface area contributed by atoms with Crippen LogP contribution >= 0.6 is 0 Å². The lowest BCUT2D eigenvalue weighted by atomic mass is 10.1.